The second-order valence-electron chi connectivity index (χ2n) is 4.89. The quantitative estimate of drug-likeness (QED) is 0.776. The van der Waals surface area contributed by atoms with E-state index < -0.39 is 0 Å². The highest BCUT2D eigenvalue weighted by Gasteiger charge is 2.14. The van der Waals surface area contributed by atoms with E-state index >= 15 is 0 Å². The molecule has 1 rings (SSSR count). The van der Waals surface area contributed by atoms with Crippen molar-refractivity contribution in [1.82, 2.24) is 4.90 Å². The van der Waals surface area contributed by atoms with E-state index in [1.807, 2.05) is 12.1 Å². The summed E-state index contributed by atoms with van der Waals surface area (Å²) in [5, 5.41) is 2.85. The Morgan fingerprint density at radius 2 is 2.21 bits per heavy atom. The van der Waals surface area contributed by atoms with Crippen LogP contribution in [0.15, 0.2) is 24.3 Å². The van der Waals surface area contributed by atoms with Gasteiger partial charge in [0.25, 0.3) is 0 Å². The van der Waals surface area contributed by atoms with Crippen molar-refractivity contribution in [2.75, 3.05) is 37.9 Å². The monoisotopic (exact) mass is 265 g/mol. The number of hydrogen-bond acceptors (Lipinski definition) is 3. The van der Waals surface area contributed by atoms with E-state index in [0.29, 0.717) is 37.0 Å². The molecule has 2 amide bonds. The van der Waals surface area contributed by atoms with Crippen LogP contribution in [0.5, 0.6) is 0 Å². The molecule has 0 aromatic heterocycles. The molecule has 0 aliphatic heterocycles. The van der Waals surface area contributed by atoms with Crippen molar-refractivity contribution in [2.45, 2.75) is 13.8 Å². The zero-order chi connectivity index (χ0) is 14.3. The van der Waals surface area contributed by atoms with E-state index in [2.05, 4.69) is 19.2 Å². The standard InChI is InChI=1S/C14H23N3O2/c1-11(2)10-17(7-8-19-3)14(18)16-13-6-4-5-12(15)9-13/h4-6,9,11H,7-8,10,15H2,1-3H3,(H,16,18). The molecule has 5 nitrogen and oxygen atoms in total. The Bertz CT molecular complexity index is 407. The number of rotatable bonds is 6. The van der Waals surface area contributed by atoms with Crippen LogP contribution >= 0.6 is 0 Å². The Morgan fingerprint density at radius 1 is 1.47 bits per heavy atom. The van der Waals surface area contributed by atoms with Crippen molar-refractivity contribution >= 4 is 17.4 Å². The summed E-state index contributed by atoms with van der Waals surface area (Å²) in [6.07, 6.45) is 0. The fourth-order valence-electron chi connectivity index (χ4n) is 1.74. The van der Waals surface area contributed by atoms with Gasteiger partial charge in [0, 0.05) is 31.6 Å². The van der Waals surface area contributed by atoms with Gasteiger partial charge in [0.2, 0.25) is 0 Å². The summed E-state index contributed by atoms with van der Waals surface area (Å²) in [5.74, 6) is 0.406. The SMILES string of the molecule is COCCN(CC(C)C)C(=O)Nc1cccc(N)c1. The summed E-state index contributed by atoms with van der Waals surface area (Å²) >= 11 is 0. The first-order chi connectivity index (χ1) is 9.02. The minimum absolute atomic E-state index is 0.128. The molecule has 1 aromatic rings. The number of nitrogens with zero attached hydrogens (tertiary/aromatic N) is 1. The molecular formula is C14H23N3O2. The van der Waals surface area contributed by atoms with Gasteiger partial charge in [-0.05, 0) is 24.1 Å². The summed E-state index contributed by atoms with van der Waals surface area (Å²) in [4.78, 5) is 13.9. The molecule has 0 heterocycles. The Kier molecular flexibility index (Phi) is 6.15. The van der Waals surface area contributed by atoms with Gasteiger partial charge in [-0.15, -0.1) is 0 Å². The number of nitrogens with two attached hydrogens (primary N) is 1. The molecule has 0 aliphatic rings. The van der Waals surface area contributed by atoms with Gasteiger partial charge in [-0.3, -0.25) is 0 Å². The molecule has 0 spiro atoms. The third-order valence-electron chi connectivity index (χ3n) is 2.58. The average Bonchev–Trinajstić information content (AvgIpc) is 2.34. The summed E-state index contributed by atoms with van der Waals surface area (Å²) < 4.78 is 5.03. The van der Waals surface area contributed by atoms with Crippen LogP contribution in [-0.4, -0.2) is 37.7 Å². The number of urea groups is 1. The van der Waals surface area contributed by atoms with Crippen molar-refractivity contribution in [2.24, 2.45) is 5.92 Å². The van der Waals surface area contributed by atoms with Crippen molar-refractivity contribution in [3.63, 3.8) is 0 Å². The van der Waals surface area contributed by atoms with Gasteiger partial charge in [-0.25, -0.2) is 4.79 Å². The molecule has 19 heavy (non-hydrogen) atoms. The summed E-state index contributed by atoms with van der Waals surface area (Å²) in [7, 11) is 1.63. The highest BCUT2D eigenvalue weighted by molar-refractivity contribution is 5.89. The Balaban J connectivity index is 2.65. The lowest BCUT2D eigenvalue weighted by Crippen LogP contribution is -2.39. The number of benzene rings is 1. The van der Waals surface area contributed by atoms with Crippen molar-refractivity contribution in [3.8, 4) is 0 Å². The first kappa shape index (κ1) is 15.3. The van der Waals surface area contributed by atoms with E-state index in [1.165, 1.54) is 0 Å². The topological polar surface area (TPSA) is 67.6 Å². The molecule has 0 unspecified atom stereocenters. The van der Waals surface area contributed by atoms with Crippen LogP contribution in [0.2, 0.25) is 0 Å². The predicted octanol–water partition coefficient (Wildman–Crippen LogP) is 2.41. The highest BCUT2D eigenvalue weighted by atomic mass is 16.5. The van der Waals surface area contributed by atoms with Crippen LogP contribution in [0, 0.1) is 5.92 Å². The molecule has 0 aliphatic carbocycles. The lowest BCUT2D eigenvalue weighted by Gasteiger charge is -2.24. The second-order valence-corrected chi connectivity index (χ2v) is 4.89. The number of methoxy groups -OCH3 is 1. The van der Waals surface area contributed by atoms with Crippen LogP contribution in [0.25, 0.3) is 0 Å². The molecule has 3 N–H and O–H groups in total. The number of carbonyl (C=O) groups excluding carboxylic acids is 1. The second kappa shape index (κ2) is 7.63. The third-order valence-corrected chi connectivity index (χ3v) is 2.58. The van der Waals surface area contributed by atoms with Crippen molar-refractivity contribution < 1.29 is 9.53 Å². The Labute approximate surface area is 114 Å². The van der Waals surface area contributed by atoms with E-state index in [1.54, 1.807) is 24.1 Å². The van der Waals surface area contributed by atoms with Crippen molar-refractivity contribution in [1.29, 1.82) is 0 Å². The van der Waals surface area contributed by atoms with E-state index in [-0.39, 0.29) is 6.03 Å². The fraction of sp³-hybridized carbons (Fsp3) is 0.500. The molecule has 0 atom stereocenters. The van der Waals surface area contributed by atoms with Gasteiger partial charge in [0.15, 0.2) is 0 Å². The maximum absolute atomic E-state index is 12.2. The van der Waals surface area contributed by atoms with Gasteiger partial charge in [0.05, 0.1) is 6.61 Å². The Morgan fingerprint density at radius 3 is 2.79 bits per heavy atom. The largest absolute Gasteiger partial charge is 0.399 e. The van der Waals surface area contributed by atoms with Gasteiger partial charge in [-0.2, -0.15) is 0 Å². The molecular weight excluding hydrogens is 242 g/mol. The van der Waals surface area contributed by atoms with Crippen LogP contribution < -0.4 is 11.1 Å². The lowest BCUT2D eigenvalue weighted by molar-refractivity contribution is 0.150. The lowest BCUT2D eigenvalue weighted by atomic mass is 10.2. The van der Waals surface area contributed by atoms with Crippen LogP contribution in [0.3, 0.4) is 0 Å². The molecule has 0 bridgehead atoms. The first-order valence-electron chi connectivity index (χ1n) is 6.43. The number of amides is 2. The zero-order valence-corrected chi connectivity index (χ0v) is 11.8. The molecule has 0 saturated carbocycles. The number of anilines is 2. The minimum Gasteiger partial charge on any atom is -0.399 e. The van der Waals surface area contributed by atoms with Gasteiger partial charge in [0.1, 0.15) is 0 Å². The van der Waals surface area contributed by atoms with E-state index in [0.717, 1.165) is 0 Å². The Hall–Kier alpha value is -1.75. The van der Waals surface area contributed by atoms with Crippen LogP contribution in [0.1, 0.15) is 13.8 Å². The summed E-state index contributed by atoms with van der Waals surface area (Å²) in [6.45, 7) is 5.94. The summed E-state index contributed by atoms with van der Waals surface area (Å²) in [6, 6.07) is 7.02. The molecule has 0 saturated heterocycles. The van der Waals surface area contributed by atoms with Crippen LogP contribution in [-0.2, 0) is 4.74 Å². The normalized spacial score (nSPS) is 10.5. The van der Waals surface area contributed by atoms with E-state index in [4.69, 9.17) is 10.5 Å². The zero-order valence-electron chi connectivity index (χ0n) is 11.8. The van der Waals surface area contributed by atoms with Gasteiger partial charge >= 0.3 is 6.03 Å². The number of carbonyl (C=O) groups is 1. The highest BCUT2D eigenvalue weighted by Crippen LogP contribution is 2.13. The first-order valence-corrected chi connectivity index (χ1v) is 6.43. The number of nitrogens with one attached hydrogen (secondary N) is 1. The number of hydrogen-bond donors (Lipinski definition) is 2. The fourth-order valence-corrected chi connectivity index (χ4v) is 1.74. The maximum atomic E-state index is 12.2. The predicted molar refractivity (Wildman–Crippen MR) is 78.2 cm³/mol. The molecule has 106 valence electrons. The van der Waals surface area contributed by atoms with E-state index in [9.17, 15) is 4.79 Å². The molecule has 0 radical (unpaired) electrons. The average molecular weight is 265 g/mol. The third kappa shape index (κ3) is 5.61. The van der Waals surface area contributed by atoms with Gasteiger partial charge in [-0.1, -0.05) is 19.9 Å². The summed E-state index contributed by atoms with van der Waals surface area (Å²) in [5.41, 5.74) is 7.02. The molecule has 0 fully saturated rings. The smallest absolute Gasteiger partial charge is 0.321 e. The number of nitrogen functional groups attached to an aromatic ring is 1. The minimum atomic E-state index is -0.128. The molecule has 1 aromatic carbocycles. The maximum Gasteiger partial charge on any atom is 0.321 e. The molecule has 5 heteroatoms. The van der Waals surface area contributed by atoms with Gasteiger partial charge < -0.3 is 20.7 Å². The number of ether oxygens (including phenoxy) is 1. The van der Waals surface area contributed by atoms with Crippen LogP contribution in [0.4, 0.5) is 16.2 Å². The van der Waals surface area contributed by atoms with Crippen molar-refractivity contribution in [3.05, 3.63) is 24.3 Å².